The fourth-order valence-corrected chi connectivity index (χ4v) is 1.72. The first-order valence-electron chi connectivity index (χ1n) is 5.01. The number of anilines is 2. The molecule has 84 valence electrons. The molecule has 5 nitrogen and oxygen atoms in total. The lowest BCUT2D eigenvalue weighted by molar-refractivity contribution is 0.947. The normalized spacial score (nSPS) is 10.6. The van der Waals surface area contributed by atoms with Gasteiger partial charge in [0.2, 0.25) is 0 Å². The topological polar surface area (TPSA) is 55.1 Å². The Bertz CT molecular complexity index is 649. The maximum Gasteiger partial charge on any atom is 0.255 e. The van der Waals surface area contributed by atoms with Gasteiger partial charge in [-0.1, -0.05) is 29.8 Å². The highest BCUT2D eigenvalue weighted by Gasteiger charge is 2.06. The van der Waals surface area contributed by atoms with Crippen LogP contribution in [0, 0.1) is 0 Å². The molecule has 0 aliphatic rings. The highest BCUT2D eigenvalue weighted by molar-refractivity contribution is 6.29. The molecule has 0 aliphatic carbocycles. The van der Waals surface area contributed by atoms with Gasteiger partial charge in [-0.3, -0.25) is 0 Å². The molecule has 0 aliphatic heterocycles. The lowest BCUT2D eigenvalue weighted by atomic mass is 10.3. The molecule has 0 saturated carbocycles. The van der Waals surface area contributed by atoms with Gasteiger partial charge < -0.3 is 5.32 Å². The number of nitrogens with one attached hydrogen (secondary N) is 1. The van der Waals surface area contributed by atoms with Gasteiger partial charge in [0.15, 0.2) is 0 Å². The zero-order valence-corrected chi connectivity index (χ0v) is 9.46. The Kier molecular flexibility index (Phi) is 2.38. The first kappa shape index (κ1) is 10.0. The number of aromatic nitrogens is 4. The third-order valence-corrected chi connectivity index (χ3v) is 2.46. The number of benzene rings is 1. The molecular weight excluding hydrogens is 238 g/mol. The minimum absolute atomic E-state index is 0.379. The Morgan fingerprint density at radius 3 is 2.82 bits per heavy atom. The van der Waals surface area contributed by atoms with E-state index in [9.17, 15) is 0 Å². The van der Waals surface area contributed by atoms with Crippen molar-refractivity contribution in [2.75, 3.05) is 5.32 Å². The maximum atomic E-state index is 5.91. The summed E-state index contributed by atoms with van der Waals surface area (Å²) in [5.74, 6) is 1.19. The second-order valence-electron chi connectivity index (χ2n) is 3.43. The number of fused-ring (bicyclic) bond motifs is 1. The third-order valence-electron chi connectivity index (χ3n) is 2.27. The summed E-state index contributed by atoms with van der Waals surface area (Å²) in [6, 6.07) is 11.5. The molecule has 3 aromatic rings. The zero-order chi connectivity index (χ0) is 11.7. The predicted octanol–water partition coefficient (Wildman–Crippen LogP) is 2.52. The van der Waals surface area contributed by atoms with Crippen LogP contribution in [0.25, 0.3) is 5.78 Å². The van der Waals surface area contributed by atoms with Crippen molar-refractivity contribution in [3.8, 4) is 0 Å². The molecule has 1 aromatic carbocycles. The van der Waals surface area contributed by atoms with E-state index in [4.69, 9.17) is 11.6 Å². The SMILES string of the molecule is Clc1cc(Nc2ccccc2)n2ncnc2n1. The van der Waals surface area contributed by atoms with E-state index in [1.165, 1.54) is 6.33 Å². The highest BCUT2D eigenvalue weighted by atomic mass is 35.5. The molecule has 0 amide bonds. The standard InChI is InChI=1S/C11H8ClN5/c12-9-6-10(15-8-4-2-1-3-5-8)17-11(16-9)13-7-14-17/h1-7,15H. The van der Waals surface area contributed by atoms with Crippen molar-refractivity contribution in [3.63, 3.8) is 0 Å². The molecule has 1 N–H and O–H groups in total. The van der Waals surface area contributed by atoms with Crippen LogP contribution in [-0.2, 0) is 0 Å². The smallest absolute Gasteiger partial charge is 0.255 e. The Morgan fingerprint density at radius 2 is 2.00 bits per heavy atom. The summed E-state index contributed by atoms with van der Waals surface area (Å²) in [4.78, 5) is 8.05. The van der Waals surface area contributed by atoms with E-state index >= 15 is 0 Å². The van der Waals surface area contributed by atoms with Crippen LogP contribution in [0.3, 0.4) is 0 Å². The summed E-state index contributed by atoms with van der Waals surface area (Å²) in [6.45, 7) is 0. The van der Waals surface area contributed by atoms with Gasteiger partial charge in [0, 0.05) is 11.8 Å². The lowest BCUT2D eigenvalue weighted by Gasteiger charge is -2.07. The molecular formula is C11H8ClN5. The average Bonchev–Trinajstić information content (AvgIpc) is 2.78. The number of rotatable bonds is 2. The van der Waals surface area contributed by atoms with E-state index in [0.717, 1.165) is 11.5 Å². The van der Waals surface area contributed by atoms with Crippen molar-refractivity contribution < 1.29 is 0 Å². The molecule has 0 atom stereocenters. The fraction of sp³-hybridized carbons (Fsp3) is 0. The molecule has 0 bridgehead atoms. The Labute approximate surface area is 102 Å². The van der Waals surface area contributed by atoms with Gasteiger partial charge in [-0.25, -0.2) is 0 Å². The van der Waals surface area contributed by atoms with E-state index in [-0.39, 0.29) is 0 Å². The van der Waals surface area contributed by atoms with Crippen LogP contribution in [0.4, 0.5) is 11.5 Å². The summed E-state index contributed by atoms with van der Waals surface area (Å²) in [5, 5.41) is 7.67. The summed E-state index contributed by atoms with van der Waals surface area (Å²) < 4.78 is 1.60. The van der Waals surface area contributed by atoms with E-state index < -0.39 is 0 Å². The van der Waals surface area contributed by atoms with Gasteiger partial charge in [-0.05, 0) is 12.1 Å². The van der Waals surface area contributed by atoms with Crippen LogP contribution >= 0.6 is 11.6 Å². The molecule has 0 fully saturated rings. The third kappa shape index (κ3) is 1.92. The first-order valence-corrected chi connectivity index (χ1v) is 5.39. The van der Waals surface area contributed by atoms with Crippen molar-refractivity contribution in [3.05, 3.63) is 47.9 Å². The van der Waals surface area contributed by atoms with E-state index in [1.807, 2.05) is 30.3 Å². The summed E-state index contributed by atoms with van der Waals surface area (Å²) in [5.41, 5.74) is 0.951. The minimum atomic E-state index is 0.379. The second kappa shape index (κ2) is 4.03. The maximum absolute atomic E-state index is 5.91. The van der Waals surface area contributed by atoms with E-state index in [2.05, 4.69) is 20.4 Å². The van der Waals surface area contributed by atoms with Crippen molar-refractivity contribution >= 4 is 28.9 Å². The molecule has 17 heavy (non-hydrogen) atoms. The summed E-state index contributed by atoms with van der Waals surface area (Å²) in [6.07, 6.45) is 1.44. The fourth-order valence-electron chi connectivity index (χ4n) is 1.54. The molecule has 0 unspecified atom stereocenters. The monoisotopic (exact) mass is 245 g/mol. The van der Waals surface area contributed by atoms with Crippen LogP contribution in [0.15, 0.2) is 42.7 Å². The molecule has 2 aromatic heterocycles. The number of nitrogens with zero attached hydrogens (tertiary/aromatic N) is 4. The van der Waals surface area contributed by atoms with E-state index in [0.29, 0.717) is 10.9 Å². The van der Waals surface area contributed by atoms with Gasteiger partial charge >= 0.3 is 0 Å². The molecule has 0 radical (unpaired) electrons. The number of hydrogen-bond acceptors (Lipinski definition) is 4. The van der Waals surface area contributed by atoms with Crippen LogP contribution in [-0.4, -0.2) is 19.6 Å². The number of hydrogen-bond donors (Lipinski definition) is 1. The quantitative estimate of drug-likeness (QED) is 0.705. The Balaban J connectivity index is 2.08. The average molecular weight is 246 g/mol. The van der Waals surface area contributed by atoms with Crippen LogP contribution in [0.2, 0.25) is 5.15 Å². The van der Waals surface area contributed by atoms with Gasteiger partial charge in [0.25, 0.3) is 5.78 Å². The Morgan fingerprint density at radius 1 is 1.18 bits per heavy atom. The molecule has 0 spiro atoms. The highest BCUT2D eigenvalue weighted by Crippen LogP contribution is 2.19. The molecule has 2 heterocycles. The van der Waals surface area contributed by atoms with Crippen molar-refractivity contribution in [1.29, 1.82) is 0 Å². The zero-order valence-electron chi connectivity index (χ0n) is 8.71. The second-order valence-corrected chi connectivity index (χ2v) is 3.81. The number of para-hydroxylation sites is 1. The van der Waals surface area contributed by atoms with E-state index in [1.54, 1.807) is 10.6 Å². The van der Waals surface area contributed by atoms with Gasteiger partial charge in [0.1, 0.15) is 17.3 Å². The van der Waals surface area contributed by atoms with Crippen LogP contribution in [0.5, 0.6) is 0 Å². The molecule has 0 saturated heterocycles. The van der Waals surface area contributed by atoms with Crippen molar-refractivity contribution in [2.24, 2.45) is 0 Å². The van der Waals surface area contributed by atoms with Gasteiger partial charge in [-0.2, -0.15) is 19.6 Å². The van der Waals surface area contributed by atoms with Crippen LogP contribution < -0.4 is 5.32 Å². The van der Waals surface area contributed by atoms with Crippen molar-refractivity contribution in [1.82, 2.24) is 19.6 Å². The van der Waals surface area contributed by atoms with Crippen LogP contribution in [0.1, 0.15) is 0 Å². The van der Waals surface area contributed by atoms with Gasteiger partial charge in [-0.15, -0.1) is 0 Å². The minimum Gasteiger partial charge on any atom is -0.340 e. The summed E-state index contributed by atoms with van der Waals surface area (Å²) >= 11 is 5.91. The molecule has 3 rings (SSSR count). The summed E-state index contributed by atoms with van der Waals surface area (Å²) in [7, 11) is 0. The lowest BCUT2D eigenvalue weighted by Crippen LogP contribution is -2.01. The largest absolute Gasteiger partial charge is 0.340 e. The molecule has 6 heteroatoms. The van der Waals surface area contributed by atoms with Crippen molar-refractivity contribution in [2.45, 2.75) is 0 Å². The first-order chi connectivity index (χ1) is 8.33. The number of halogens is 1. The Hall–Kier alpha value is -2.14. The predicted molar refractivity (Wildman–Crippen MR) is 65.5 cm³/mol. The van der Waals surface area contributed by atoms with Gasteiger partial charge in [0.05, 0.1) is 0 Å².